The van der Waals surface area contributed by atoms with E-state index in [9.17, 15) is 8.42 Å². The highest BCUT2D eigenvalue weighted by atomic mass is 32.2. The first-order chi connectivity index (χ1) is 13.7. The third-order valence-electron chi connectivity index (χ3n) is 4.36. The maximum absolute atomic E-state index is 13.1. The van der Waals surface area contributed by atoms with E-state index < -0.39 is 10.0 Å². The van der Waals surface area contributed by atoms with Crippen molar-refractivity contribution in [2.24, 2.45) is 0 Å². The lowest BCUT2D eigenvalue weighted by molar-refractivity contribution is 0.355. The van der Waals surface area contributed by atoms with E-state index in [1.165, 1.54) is 20.3 Å². The highest BCUT2D eigenvalue weighted by molar-refractivity contribution is 7.92. The van der Waals surface area contributed by atoms with Gasteiger partial charge in [0.2, 0.25) is 0 Å². The number of hydrogen-bond donors (Lipinski definition) is 1. The fourth-order valence-electron chi connectivity index (χ4n) is 2.79. The Morgan fingerprint density at radius 3 is 2.34 bits per heavy atom. The SMILES string of the molecule is COc1cc(NS(=O)(=O)c2cccc(C(C)C)c2)c(-c2nc(C)no2)cc1OC. The summed E-state index contributed by atoms with van der Waals surface area (Å²) in [7, 11) is -0.915. The molecule has 0 bridgehead atoms. The summed E-state index contributed by atoms with van der Waals surface area (Å²) in [6.07, 6.45) is 0. The summed E-state index contributed by atoms with van der Waals surface area (Å²) in [5, 5.41) is 3.78. The fourth-order valence-corrected chi connectivity index (χ4v) is 3.92. The smallest absolute Gasteiger partial charge is 0.261 e. The topological polar surface area (TPSA) is 104 Å². The lowest BCUT2D eigenvalue weighted by Gasteiger charge is -2.15. The van der Waals surface area contributed by atoms with Gasteiger partial charge in [0.25, 0.3) is 15.9 Å². The molecule has 0 saturated heterocycles. The van der Waals surface area contributed by atoms with Gasteiger partial charge in [-0.1, -0.05) is 31.1 Å². The molecule has 0 unspecified atom stereocenters. The average Bonchev–Trinajstić information content (AvgIpc) is 3.13. The Morgan fingerprint density at radius 1 is 1.07 bits per heavy atom. The number of methoxy groups -OCH3 is 2. The quantitative estimate of drug-likeness (QED) is 0.620. The van der Waals surface area contributed by atoms with Crippen LogP contribution in [-0.2, 0) is 10.0 Å². The van der Waals surface area contributed by atoms with Crippen LogP contribution in [0.25, 0.3) is 11.5 Å². The van der Waals surface area contributed by atoms with E-state index in [4.69, 9.17) is 14.0 Å². The molecule has 0 saturated carbocycles. The Kier molecular flexibility index (Phi) is 5.78. The van der Waals surface area contributed by atoms with Crippen LogP contribution in [0.15, 0.2) is 45.8 Å². The van der Waals surface area contributed by atoms with Gasteiger partial charge >= 0.3 is 0 Å². The Morgan fingerprint density at radius 2 is 1.76 bits per heavy atom. The summed E-state index contributed by atoms with van der Waals surface area (Å²) in [4.78, 5) is 4.36. The van der Waals surface area contributed by atoms with Crippen molar-refractivity contribution in [1.29, 1.82) is 0 Å². The molecule has 3 rings (SSSR count). The zero-order valence-corrected chi connectivity index (χ0v) is 17.7. The normalized spacial score (nSPS) is 11.5. The Labute approximate surface area is 169 Å². The van der Waals surface area contributed by atoms with Gasteiger partial charge in [0, 0.05) is 6.07 Å². The van der Waals surface area contributed by atoms with Gasteiger partial charge < -0.3 is 14.0 Å². The molecular formula is C20H23N3O5S. The predicted octanol–water partition coefficient (Wildman–Crippen LogP) is 3.99. The van der Waals surface area contributed by atoms with Crippen molar-refractivity contribution in [2.45, 2.75) is 31.6 Å². The zero-order valence-electron chi connectivity index (χ0n) is 16.9. The number of aromatic nitrogens is 2. The van der Waals surface area contributed by atoms with Crippen LogP contribution in [0.5, 0.6) is 11.5 Å². The first-order valence-electron chi connectivity index (χ1n) is 8.94. The number of anilines is 1. The van der Waals surface area contributed by atoms with Gasteiger partial charge in [-0.05, 0) is 36.6 Å². The maximum atomic E-state index is 13.1. The van der Waals surface area contributed by atoms with Crippen molar-refractivity contribution in [3.8, 4) is 23.0 Å². The first kappa shape index (κ1) is 20.7. The molecule has 0 fully saturated rings. The highest BCUT2D eigenvalue weighted by Gasteiger charge is 2.22. The minimum Gasteiger partial charge on any atom is -0.493 e. The van der Waals surface area contributed by atoms with E-state index in [1.807, 2.05) is 19.9 Å². The highest BCUT2D eigenvalue weighted by Crippen LogP contribution is 2.39. The minimum atomic E-state index is -3.87. The van der Waals surface area contributed by atoms with Gasteiger partial charge in [-0.25, -0.2) is 8.42 Å². The average molecular weight is 417 g/mol. The van der Waals surface area contributed by atoms with E-state index in [1.54, 1.807) is 31.2 Å². The summed E-state index contributed by atoms with van der Waals surface area (Å²) < 4.78 is 44.6. The van der Waals surface area contributed by atoms with Gasteiger partial charge in [0.1, 0.15) is 0 Å². The molecule has 29 heavy (non-hydrogen) atoms. The molecule has 0 amide bonds. The van der Waals surface area contributed by atoms with E-state index in [2.05, 4.69) is 14.9 Å². The Balaban J connectivity index is 2.11. The van der Waals surface area contributed by atoms with Crippen LogP contribution in [0.4, 0.5) is 5.69 Å². The van der Waals surface area contributed by atoms with E-state index >= 15 is 0 Å². The molecule has 3 aromatic rings. The predicted molar refractivity (Wildman–Crippen MR) is 109 cm³/mol. The number of nitrogens with one attached hydrogen (secondary N) is 1. The number of rotatable bonds is 7. The maximum Gasteiger partial charge on any atom is 0.261 e. The number of hydrogen-bond acceptors (Lipinski definition) is 7. The van der Waals surface area contributed by atoms with Gasteiger partial charge in [-0.3, -0.25) is 4.72 Å². The second-order valence-corrected chi connectivity index (χ2v) is 8.41. The minimum absolute atomic E-state index is 0.158. The molecule has 0 atom stereocenters. The molecule has 9 heteroatoms. The molecule has 0 aliphatic heterocycles. The monoisotopic (exact) mass is 417 g/mol. The summed E-state index contributed by atoms with van der Waals surface area (Å²) >= 11 is 0. The number of sulfonamides is 1. The van der Waals surface area contributed by atoms with Crippen molar-refractivity contribution in [3.05, 3.63) is 47.8 Å². The summed E-state index contributed by atoms with van der Waals surface area (Å²) in [6.45, 7) is 5.68. The van der Waals surface area contributed by atoms with Gasteiger partial charge in [0.15, 0.2) is 17.3 Å². The summed E-state index contributed by atoms with van der Waals surface area (Å²) in [5.41, 5.74) is 1.54. The van der Waals surface area contributed by atoms with Crippen LogP contribution in [-0.4, -0.2) is 32.8 Å². The van der Waals surface area contributed by atoms with Crippen molar-refractivity contribution in [2.75, 3.05) is 18.9 Å². The van der Waals surface area contributed by atoms with E-state index in [0.717, 1.165) is 5.56 Å². The molecule has 0 aliphatic rings. The third kappa shape index (κ3) is 4.34. The molecule has 2 aromatic carbocycles. The lowest BCUT2D eigenvalue weighted by Crippen LogP contribution is -2.14. The second kappa shape index (κ2) is 8.12. The molecule has 1 N–H and O–H groups in total. The molecule has 1 heterocycles. The Bertz CT molecular complexity index is 1120. The summed E-state index contributed by atoms with van der Waals surface area (Å²) in [5.74, 6) is 1.55. The molecular weight excluding hydrogens is 394 g/mol. The number of ether oxygens (including phenoxy) is 2. The molecule has 1 aromatic heterocycles. The van der Waals surface area contributed by atoms with Gasteiger partial charge in [-0.15, -0.1) is 0 Å². The van der Waals surface area contributed by atoms with Crippen LogP contribution >= 0.6 is 0 Å². The molecule has 8 nitrogen and oxygen atoms in total. The van der Waals surface area contributed by atoms with E-state index in [0.29, 0.717) is 22.9 Å². The van der Waals surface area contributed by atoms with Crippen molar-refractivity contribution >= 4 is 15.7 Å². The second-order valence-electron chi connectivity index (χ2n) is 6.73. The fraction of sp³-hybridized carbons (Fsp3) is 0.300. The first-order valence-corrected chi connectivity index (χ1v) is 10.4. The zero-order chi connectivity index (χ0) is 21.2. The van der Waals surface area contributed by atoms with E-state index in [-0.39, 0.29) is 22.4 Å². The molecule has 0 radical (unpaired) electrons. The van der Waals surface area contributed by atoms with Crippen LogP contribution in [0.1, 0.15) is 31.2 Å². The standard InChI is InChI=1S/C20H23N3O5S/c1-12(2)14-7-6-8-15(9-14)29(24,25)23-17-11-19(27-5)18(26-4)10-16(17)20-21-13(3)22-28-20/h6-12,23H,1-5H3. The number of aryl methyl sites for hydroxylation is 1. The lowest BCUT2D eigenvalue weighted by atomic mass is 10.0. The van der Waals surface area contributed by atoms with Crippen molar-refractivity contribution in [3.63, 3.8) is 0 Å². The van der Waals surface area contributed by atoms with Crippen LogP contribution in [0.2, 0.25) is 0 Å². The largest absolute Gasteiger partial charge is 0.493 e. The number of benzene rings is 2. The molecule has 0 spiro atoms. The van der Waals surface area contributed by atoms with Gasteiger partial charge in [-0.2, -0.15) is 4.98 Å². The van der Waals surface area contributed by atoms with Crippen LogP contribution in [0.3, 0.4) is 0 Å². The number of nitrogens with zero attached hydrogens (tertiary/aromatic N) is 2. The van der Waals surface area contributed by atoms with Crippen LogP contribution in [0, 0.1) is 6.92 Å². The third-order valence-corrected chi connectivity index (χ3v) is 5.72. The Hall–Kier alpha value is -3.07. The summed E-state index contributed by atoms with van der Waals surface area (Å²) in [6, 6.07) is 9.94. The van der Waals surface area contributed by atoms with Crippen molar-refractivity contribution < 1.29 is 22.4 Å². The van der Waals surface area contributed by atoms with Crippen LogP contribution < -0.4 is 14.2 Å². The molecule has 0 aliphatic carbocycles. The van der Waals surface area contributed by atoms with Crippen molar-refractivity contribution in [1.82, 2.24) is 10.1 Å². The van der Waals surface area contributed by atoms with Gasteiger partial charge in [0.05, 0.1) is 30.4 Å². The molecule has 154 valence electrons.